The summed E-state index contributed by atoms with van der Waals surface area (Å²) < 4.78 is 28.7. The highest BCUT2D eigenvalue weighted by Gasteiger charge is 2.19. The molecule has 0 saturated heterocycles. The van der Waals surface area contributed by atoms with Crippen LogP contribution in [0.3, 0.4) is 0 Å². The van der Waals surface area contributed by atoms with Gasteiger partial charge < -0.3 is 15.3 Å². The highest BCUT2D eigenvalue weighted by Crippen LogP contribution is 2.35. The van der Waals surface area contributed by atoms with E-state index >= 15 is 0 Å². The molecule has 152 valence electrons. The van der Waals surface area contributed by atoms with Crippen molar-refractivity contribution in [3.8, 4) is 17.5 Å². The summed E-state index contributed by atoms with van der Waals surface area (Å²) in [5.41, 5.74) is 1.25. The van der Waals surface area contributed by atoms with Crippen molar-refractivity contribution in [2.24, 2.45) is 0 Å². The summed E-state index contributed by atoms with van der Waals surface area (Å²) in [7, 11) is 0. The highest BCUT2D eigenvalue weighted by atomic mass is 19.1. The lowest BCUT2D eigenvalue weighted by Crippen LogP contribution is -2.06. The van der Waals surface area contributed by atoms with Crippen molar-refractivity contribution in [1.29, 1.82) is 5.26 Å². The average molecular weight is 415 g/mol. The number of aromatic nitrogens is 3. The summed E-state index contributed by atoms with van der Waals surface area (Å²) in [5.74, 6) is -1.40. The smallest absolute Gasteiger partial charge is 0.256 e. The SMILES string of the molecule is N#CCCNc1ccc2c(c1)c1c(=O)[nH]ccc1c1[nH]c(-c3c(F)cccc3F)nc21. The fourth-order valence-corrected chi connectivity index (χ4v) is 3.89. The zero-order chi connectivity index (χ0) is 21.5. The largest absolute Gasteiger partial charge is 0.384 e. The van der Waals surface area contributed by atoms with Gasteiger partial charge in [-0.1, -0.05) is 12.1 Å². The van der Waals surface area contributed by atoms with E-state index in [-0.39, 0.29) is 16.9 Å². The lowest BCUT2D eigenvalue weighted by Gasteiger charge is -2.09. The number of aromatic amines is 2. The first-order valence-electron chi connectivity index (χ1n) is 9.60. The average Bonchev–Trinajstić information content (AvgIpc) is 3.19. The van der Waals surface area contributed by atoms with Crippen LogP contribution < -0.4 is 10.9 Å². The van der Waals surface area contributed by atoms with Gasteiger partial charge in [-0.15, -0.1) is 0 Å². The molecular weight excluding hydrogens is 400 g/mol. The van der Waals surface area contributed by atoms with Crippen LogP contribution in [0.25, 0.3) is 44.0 Å². The topological polar surface area (TPSA) is 97.4 Å². The fraction of sp³-hybridized carbons (Fsp3) is 0.0870. The molecule has 5 rings (SSSR count). The lowest BCUT2D eigenvalue weighted by molar-refractivity contribution is 0.588. The minimum absolute atomic E-state index is 0.0518. The van der Waals surface area contributed by atoms with Crippen molar-refractivity contribution in [3.63, 3.8) is 0 Å². The summed E-state index contributed by atoms with van der Waals surface area (Å²) in [5, 5.41) is 14.3. The standard InChI is InChI=1S/C23H15F2N5O/c24-16-3-1-4-17(25)19(16)22-29-20-13-6-5-12(27-9-2-8-26)11-15(13)18-14(21(20)30-22)7-10-28-23(18)31/h1,3-7,10-11,27H,2,9H2,(H,28,31)(H,29,30). The highest BCUT2D eigenvalue weighted by molar-refractivity contribution is 6.23. The van der Waals surface area contributed by atoms with Crippen molar-refractivity contribution in [1.82, 2.24) is 15.0 Å². The summed E-state index contributed by atoms with van der Waals surface area (Å²) in [6, 6.07) is 12.9. The van der Waals surface area contributed by atoms with E-state index in [1.807, 2.05) is 12.1 Å². The van der Waals surface area contributed by atoms with Crippen molar-refractivity contribution in [2.45, 2.75) is 6.42 Å². The van der Waals surface area contributed by atoms with Gasteiger partial charge in [-0.2, -0.15) is 5.26 Å². The number of anilines is 1. The van der Waals surface area contributed by atoms with Crippen LogP contribution >= 0.6 is 0 Å². The molecule has 2 heterocycles. The van der Waals surface area contributed by atoms with Gasteiger partial charge in [-0.3, -0.25) is 4.79 Å². The minimum Gasteiger partial charge on any atom is -0.384 e. The van der Waals surface area contributed by atoms with Crippen LogP contribution in [-0.4, -0.2) is 21.5 Å². The molecule has 6 nitrogen and oxygen atoms in total. The maximum Gasteiger partial charge on any atom is 0.256 e. The van der Waals surface area contributed by atoms with E-state index < -0.39 is 11.6 Å². The molecule has 8 heteroatoms. The molecule has 3 N–H and O–H groups in total. The maximum absolute atomic E-state index is 14.4. The molecule has 0 atom stereocenters. The second-order valence-electron chi connectivity index (χ2n) is 7.10. The minimum atomic E-state index is -0.727. The lowest BCUT2D eigenvalue weighted by atomic mass is 10.0. The predicted molar refractivity (Wildman–Crippen MR) is 116 cm³/mol. The first-order chi connectivity index (χ1) is 15.1. The molecule has 2 aromatic heterocycles. The van der Waals surface area contributed by atoms with E-state index in [4.69, 9.17) is 5.26 Å². The van der Waals surface area contributed by atoms with Gasteiger partial charge in [0.15, 0.2) is 0 Å². The third-order valence-corrected chi connectivity index (χ3v) is 5.24. The Labute approximate surface area is 174 Å². The molecule has 0 aliphatic heterocycles. The second kappa shape index (κ2) is 7.22. The number of rotatable bonds is 4. The van der Waals surface area contributed by atoms with Crippen LogP contribution in [0.2, 0.25) is 0 Å². The predicted octanol–water partition coefficient (Wildman–Crippen LogP) is 4.83. The van der Waals surface area contributed by atoms with Crippen LogP contribution in [0.15, 0.2) is 53.5 Å². The van der Waals surface area contributed by atoms with Gasteiger partial charge in [0.25, 0.3) is 5.56 Å². The van der Waals surface area contributed by atoms with Gasteiger partial charge in [0.05, 0.1) is 34.5 Å². The maximum atomic E-state index is 14.4. The number of hydrogen-bond donors (Lipinski definition) is 3. The van der Waals surface area contributed by atoms with Crippen LogP contribution in [0.4, 0.5) is 14.5 Å². The normalized spacial score (nSPS) is 11.3. The molecule has 0 bridgehead atoms. The number of halogens is 2. The summed E-state index contributed by atoms with van der Waals surface area (Å²) in [6.45, 7) is 0.470. The molecule has 0 unspecified atom stereocenters. The first kappa shape index (κ1) is 18.8. The molecule has 0 amide bonds. The Morgan fingerprint density at radius 1 is 1.06 bits per heavy atom. The third kappa shape index (κ3) is 2.99. The summed E-state index contributed by atoms with van der Waals surface area (Å²) in [6.07, 6.45) is 1.87. The van der Waals surface area contributed by atoms with Gasteiger partial charge in [0.1, 0.15) is 17.5 Å². The Morgan fingerprint density at radius 2 is 1.87 bits per heavy atom. The van der Waals surface area contributed by atoms with E-state index in [0.29, 0.717) is 45.5 Å². The molecule has 0 spiro atoms. The Kier molecular flexibility index (Phi) is 4.37. The van der Waals surface area contributed by atoms with E-state index in [1.165, 1.54) is 24.4 Å². The van der Waals surface area contributed by atoms with E-state index in [1.54, 1.807) is 12.1 Å². The van der Waals surface area contributed by atoms with Crippen molar-refractivity contribution in [3.05, 3.63) is 70.6 Å². The first-order valence-corrected chi connectivity index (χ1v) is 9.60. The molecule has 0 aliphatic carbocycles. The van der Waals surface area contributed by atoms with Gasteiger partial charge in [-0.25, -0.2) is 13.8 Å². The molecule has 3 aromatic carbocycles. The number of pyridine rings is 1. The Morgan fingerprint density at radius 3 is 2.65 bits per heavy atom. The van der Waals surface area contributed by atoms with Gasteiger partial charge in [0.2, 0.25) is 0 Å². The molecule has 0 fully saturated rings. The second-order valence-corrected chi connectivity index (χ2v) is 7.10. The number of nitriles is 1. The number of imidazole rings is 1. The summed E-state index contributed by atoms with van der Waals surface area (Å²) >= 11 is 0. The number of nitrogens with zero attached hydrogens (tertiary/aromatic N) is 2. The third-order valence-electron chi connectivity index (χ3n) is 5.24. The Hall–Kier alpha value is -4.25. The fourth-order valence-electron chi connectivity index (χ4n) is 3.89. The van der Waals surface area contributed by atoms with Gasteiger partial charge >= 0.3 is 0 Å². The molecule has 0 radical (unpaired) electrons. The van der Waals surface area contributed by atoms with Gasteiger partial charge in [-0.05, 0) is 35.7 Å². The zero-order valence-electron chi connectivity index (χ0n) is 16.1. The number of H-pyrrole nitrogens is 2. The summed E-state index contributed by atoms with van der Waals surface area (Å²) in [4.78, 5) is 22.9. The molecular formula is C23H15F2N5O. The quantitative estimate of drug-likeness (QED) is 0.289. The van der Waals surface area contributed by atoms with Crippen LogP contribution in [0.5, 0.6) is 0 Å². The number of nitrogens with one attached hydrogen (secondary N) is 3. The van der Waals surface area contributed by atoms with E-state index in [0.717, 1.165) is 5.69 Å². The zero-order valence-corrected chi connectivity index (χ0v) is 16.1. The molecule has 0 aliphatic rings. The monoisotopic (exact) mass is 415 g/mol. The van der Waals surface area contributed by atoms with Crippen molar-refractivity contribution < 1.29 is 8.78 Å². The van der Waals surface area contributed by atoms with Gasteiger partial charge in [0, 0.05) is 29.2 Å². The van der Waals surface area contributed by atoms with E-state index in [9.17, 15) is 13.6 Å². The molecule has 0 saturated carbocycles. The van der Waals surface area contributed by atoms with E-state index in [2.05, 4.69) is 26.3 Å². The number of hydrogen-bond acceptors (Lipinski definition) is 4. The van der Waals surface area contributed by atoms with Crippen LogP contribution in [0.1, 0.15) is 6.42 Å². The Bertz CT molecular complexity index is 1560. The molecule has 5 aromatic rings. The Balaban J connectivity index is 1.85. The van der Waals surface area contributed by atoms with Crippen molar-refractivity contribution >= 4 is 38.3 Å². The van der Waals surface area contributed by atoms with Crippen molar-refractivity contribution in [2.75, 3.05) is 11.9 Å². The number of fused-ring (bicyclic) bond motifs is 6. The van der Waals surface area contributed by atoms with Crippen LogP contribution in [-0.2, 0) is 0 Å². The van der Waals surface area contributed by atoms with Crippen LogP contribution in [0, 0.1) is 23.0 Å². The number of benzene rings is 3. The molecule has 31 heavy (non-hydrogen) atoms.